The second kappa shape index (κ2) is 5.11. The number of anilines is 1. The first-order chi connectivity index (χ1) is 8.82. The third-order valence-electron chi connectivity index (χ3n) is 3.68. The van der Waals surface area contributed by atoms with E-state index in [9.17, 15) is 13.5 Å². The van der Waals surface area contributed by atoms with Gasteiger partial charge in [-0.1, -0.05) is 0 Å². The van der Waals surface area contributed by atoms with Crippen LogP contribution in [-0.4, -0.2) is 37.0 Å². The van der Waals surface area contributed by atoms with E-state index < -0.39 is 16.1 Å². The van der Waals surface area contributed by atoms with E-state index in [1.165, 1.54) is 10.4 Å². The third-order valence-corrected chi connectivity index (χ3v) is 5.52. The number of nitrogen functional groups attached to an aromatic ring is 1. The van der Waals surface area contributed by atoms with Crippen LogP contribution in [0, 0.1) is 13.8 Å². The van der Waals surface area contributed by atoms with E-state index >= 15 is 0 Å². The number of rotatable bonds is 2. The van der Waals surface area contributed by atoms with Crippen molar-refractivity contribution in [2.75, 3.05) is 18.8 Å². The summed E-state index contributed by atoms with van der Waals surface area (Å²) in [5.41, 5.74) is 8.08. The summed E-state index contributed by atoms with van der Waals surface area (Å²) in [5, 5.41) is 9.61. The van der Waals surface area contributed by atoms with Gasteiger partial charge in [-0.15, -0.1) is 0 Å². The molecule has 106 valence electrons. The minimum atomic E-state index is -3.56. The first-order valence-corrected chi connectivity index (χ1v) is 7.81. The van der Waals surface area contributed by atoms with Gasteiger partial charge in [0.1, 0.15) is 0 Å². The lowest BCUT2D eigenvalue weighted by Gasteiger charge is -2.29. The fourth-order valence-electron chi connectivity index (χ4n) is 2.29. The van der Waals surface area contributed by atoms with Crippen LogP contribution in [0.1, 0.15) is 24.0 Å². The minimum Gasteiger partial charge on any atom is -0.398 e. The number of nitrogens with two attached hydrogens (primary N) is 1. The lowest BCUT2D eigenvalue weighted by molar-refractivity contribution is 0.108. The van der Waals surface area contributed by atoms with Gasteiger partial charge in [0.2, 0.25) is 10.0 Å². The highest BCUT2D eigenvalue weighted by Crippen LogP contribution is 2.26. The molecule has 0 saturated carbocycles. The van der Waals surface area contributed by atoms with Gasteiger partial charge >= 0.3 is 0 Å². The van der Waals surface area contributed by atoms with Gasteiger partial charge in [0, 0.05) is 18.8 Å². The van der Waals surface area contributed by atoms with Crippen LogP contribution in [0.3, 0.4) is 0 Å². The topological polar surface area (TPSA) is 83.6 Å². The van der Waals surface area contributed by atoms with E-state index in [0.717, 1.165) is 11.1 Å². The van der Waals surface area contributed by atoms with Gasteiger partial charge in [0.15, 0.2) is 0 Å². The van der Waals surface area contributed by atoms with E-state index in [2.05, 4.69) is 0 Å². The van der Waals surface area contributed by atoms with Crippen LogP contribution in [0.2, 0.25) is 0 Å². The molecule has 1 saturated heterocycles. The molecule has 1 aromatic carbocycles. The second-order valence-electron chi connectivity index (χ2n) is 5.11. The molecule has 0 radical (unpaired) electrons. The lowest BCUT2D eigenvalue weighted by Crippen LogP contribution is -2.42. The Morgan fingerprint density at radius 2 is 2.05 bits per heavy atom. The van der Waals surface area contributed by atoms with E-state index in [-0.39, 0.29) is 11.4 Å². The van der Waals surface area contributed by atoms with Gasteiger partial charge in [0.25, 0.3) is 0 Å². The molecule has 0 bridgehead atoms. The molecule has 19 heavy (non-hydrogen) atoms. The summed E-state index contributed by atoms with van der Waals surface area (Å²) >= 11 is 0. The number of aryl methyl sites for hydroxylation is 1. The first kappa shape index (κ1) is 14.3. The monoisotopic (exact) mass is 284 g/mol. The fraction of sp³-hybridized carbons (Fsp3) is 0.538. The molecule has 1 unspecified atom stereocenters. The zero-order valence-electron chi connectivity index (χ0n) is 11.3. The molecule has 6 heteroatoms. The van der Waals surface area contributed by atoms with Crippen molar-refractivity contribution in [3.63, 3.8) is 0 Å². The highest BCUT2D eigenvalue weighted by atomic mass is 32.2. The van der Waals surface area contributed by atoms with Gasteiger partial charge in [-0.2, -0.15) is 4.31 Å². The quantitative estimate of drug-likeness (QED) is 0.795. The predicted octanol–water partition coefficient (Wildman–Crippen LogP) is 1.03. The van der Waals surface area contributed by atoms with Crippen LogP contribution in [0.4, 0.5) is 5.69 Å². The van der Waals surface area contributed by atoms with Crippen LogP contribution in [0.5, 0.6) is 0 Å². The highest BCUT2D eigenvalue weighted by Gasteiger charge is 2.29. The zero-order chi connectivity index (χ0) is 14.2. The summed E-state index contributed by atoms with van der Waals surface area (Å²) in [7, 11) is -3.56. The Balaban J connectivity index is 2.39. The Labute approximate surface area is 114 Å². The van der Waals surface area contributed by atoms with Crippen molar-refractivity contribution < 1.29 is 13.5 Å². The van der Waals surface area contributed by atoms with E-state index in [1.54, 1.807) is 6.07 Å². The van der Waals surface area contributed by atoms with E-state index in [4.69, 9.17) is 5.73 Å². The number of hydrogen-bond donors (Lipinski definition) is 2. The van der Waals surface area contributed by atoms with Crippen molar-refractivity contribution in [3.05, 3.63) is 23.3 Å². The van der Waals surface area contributed by atoms with Crippen LogP contribution in [0.15, 0.2) is 17.0 Å². The first-order valence-electron chi connectivity index (χ1n) is 6.37. The largest absolute Gasteiger partial charge is 0.398 e. The van der Waals surface area contributed by atoms with E-state index in [0.29, 0.717) is 25.1 Å². The average molecular weight is 284 g/mol. The number of aliphatic hydroxyl groups is 1. The van der Waals surface area contributed by atoms with Crippen molar-refractivity contribution in [1.82, 2.24) is 4.31 Å². The molecule has 2 rings (SSSR count). The summed E-state index contributed by atoms with van der Waals surface area (Å²) in [4.78, 5) is 0.210. The number of nitrogens with zero attached hydrogens (tertiary/aromatic N) is 1. The Kier molecular flexibility index (Phi) is 3.85. The Hall–Kier alpha value is -1.11. The molecule has 1 atom stereocenters. The Morgan fingerprint density at radius 3 is 2.63 bits per heavy atom. The fourth-order valence-corrected chi connectivity index (χ4v) is 3.93. The number of piperidine rings is 1. The SMILES string of the molecule is Cc1cc(S(=O)(=O)N2CCCC(O)C2)cc(N)c1C. The molecule has 1 heterocycles. The van der Waals surface area contributed by atoms with Crippen LogP contribution in [-0.2, 0) is 10.0 Å². The molecular weight excluding hydrogens is 264 g/mol. The van der Waals surface area contributed by atoms with Gasteiger partial charge in [-0.3, -0.25) is 0 Å². The molecule has 1 aliphatic rings. The smallest absolute Gasteiger partial charge is 0.243 e. The maximum Gasteiger partial charge on any atom is 0.243 e. The summed E-state index contributed by atoms with van der Waals surface area (Å²) in [6.07, 6.45) is 0.759. The Morgan fingerprint density at radius 1 is 1.37 bits per heavy atom. The van der Waals surface area contributed by atoms with Crippen molar-refractivity contribution >= 4 is 15.7 Å². The molecule has 5 nitrogen and oxygen atoms in total. The maximum atomic E-state index is 12.5. The molecule has 0 spiro atoms. The summed E-state index contributed by atoms with van der Waals surface area (Å²) < 4.78 is 26.4. The van der Waals surface area contributed by atoms with Crippen LogP contribution >= 0.6 is 0 Å². The van der Waals surface area contributed by atoms with E-state index in [1.807, 2.05) is 13.8 Å². The third kappa shape index (κ3) is 2.75. The zero-order valence-corrected chi connectivity index (χ0v) is 12.1. The standard InChI is InChI=1S/C13H20N2O3S/c1-9-6-12(7-13(14)10(9)2)19(17,18)15-5-3-4-11(16)8-15/h6-7,11,16H,3-5,8,14H2,1-2H3. The molecular formula is C13H20N2O3S. The van der Waals surface area contributed by atoms with Crippen LogP contribution < -0.4 is 5.73 Å². The summed E-state index contributed by atoms with van der Waals surface area (Å²) in [5.74, 6) is 0. The van der Waals surface area contributed by atoms with Crippen molar-refractivity contribution in [2.45, 2.75) is 37.7 Å². The van der Waals surface area contributed by atoms with Crippen molar-refractivity contribution in [1.29, 1.82) is 0 Å². The maximum absolute atomic E-state index is 12.5. The average Bonchev–Trinajstić information content (AvgIpc) is 2.35. The lowest BCUT2D eigenvalue weighted by atomic mass is 10.1. The second-order valence-corrected chi connectivity index (χ2v) is 7.05. The van der Waals surface area contributed by atoms with Crippen molar-refractivity contribution in [3.8, 4) is 0 Å². The molecule has 1 aromatic rings. The molecule has 0 amide bonds. The number of benzene rings is 1. The minimum absolute atomic E-state index is 0.162. The molecule has 1 aliphatic heterocycles. The predicted molar refractivity (Wildman–Crippen MR) is 74.3 cm³/mol. The van der Waals surface area contributed by atoms with Crippen molar-refractivity contribution in [2.24, 2.45) is 0 Å². The number of hydrogen-bond acceptors (Lipinski definition) is 4. The van der Waals surface area contributed by atoms with Gasteiger partial charge in [0.05, 0.1) is 11.0 Å². The van der Waals surface area contributed by atoms with Crippen LogP contribution in [0.25, 0.3) is 0 Å². The Bertz CT molecular complexity index is 561. The number of aliphatic hydroxyl groups excluding tert-OH is 1. The molecule has 0 aliphatic carbocycles. The van der Waals surface area contributed by atoms with Gasteiger partial charge in [-0.05, 0) is 49.9 Å². The molecule has 3 N–H and O–H groups in total. The highest BCUT2D eigenvalue weighted by molar-refractivity contribution is 7.89. The number of β-amino-alcohol motifs (C(OH)–C–C–N with tert-alkyl or cyclic N) is 1. The number of sulfonamides is 1. The summed E-state index contributed by atoms with van der Waals surface area (Å²) in [6.45, 7) is 4.32. The summed E-state index contributed by atoms with van der Waals surface area (Å²) in [6, 6.07) is 3.14. The molecule has 1 fully saturated rings. The van der Waals surface area contributed by atoms with Gasteiger partial charge < -0.3 is 10.8 Å². The molecule has 0 aromatic heterocycles. The van der Waals surface area contributed by atoms with Gasteiger partial charge in [-0.25, -0.2) is 8.42 Å². The normalized spacial score (nSPS) is 21.5.